The van der Waals surface area contributed by atoms with Gasteiger partial charge in [0.15, 0.2) is 0 Å². The van der Waals surface area contributed by atoms with E-state index in [1.54, 1.807) is 13.1 Å². The van der Waals surface area contributed by atoms with Gasteiger partial charge in [0.1, 0.15) is 8.07 Å². The third-order valence-electron chi connectivity index (χ3n) is 0.935. The van der Waals surface area contributed by atoms with Crippen molar-refractivity contribution in [2.75, 3.05) is 4.95 Å². The van der Waals surface area contributed by atoms with Crippen LogP contribution < -0.4 is 0 Å². The van der Waals surface area contributed by atoms with Gasteiger partial charge < -0.3 is 0 Å². The fourth-order valence-corrected chi connectivity index (χ4v) is 0.909. The number of hydrogen-bond acceptors (Lipinski definition) is 0. The van der Waals surface area contributed by atoms with Gasteiger partial charge in [-0.15, -0.1) is 0 Å². The summed E-state index contributed by atoms with van der Waals surface area (Å²) in [6, 6.07) is -2.10. The van der Waals surface area contributed by atoms with Crippen LogP contribution in [0.2, 0.25) is 13.1 Å². The summed E-state index contributed by atoms with van der Waals surface area (Å²) in [5.41, 5.74) is 0. The van der Waals surface area contributed by atoms with Crippen LogP contribution in [-0.4, -0.2) is 19.1 Å². The molecule has 0 amide bonds. The van der Waals surface area contributed by atoms with E-state index in [2.05, 4.69) is 15.9 Å². The molecule has 0 aromatic carbocycles. The molecule has 0 aromatic rings. The van der Waals surface area contributed by atoms with Gasteiger partial charge in [0.05, 0.1) is 0 Å². The summed E-state index contributed by atoms with van der Waals surface area (Å²) < 4.78 is 23.7. The largest absolute Gasteiger partial charge is 0.221 e. The zero-order chi connectivity index (χ0) is 6.78. The second kappa shape index (κ2) is 2.92. The minimum atomic E-state index is -2.17. The van der Waals surface area contributed by atoms with Gasteiger partial charge in [-0.25, -0.2) is 8.78 Å². The predicted molar refractivity (Wildman–Crippen MR) is 37.3 cm³/mol. The molecule has 0 unspecified atom stereocenters. The summed E-state index contributed by atoms with van der Waals surface area (Å²) in [7, 11) is -2.17. The average Bonchev–Trinajstić information content (AvgIpc) is 1.67. The molecule has 0 aliphatic heterocycles. The van der Waals surface area contributed by atoms with E-state index in [-0.39, 0.29) is 0 Å². The molecule has 0 nitrogen and oxygen atoms in total. The highest BCUT2D eigenvalue weighted by molar-refractivity contribution is 9.09. The molecule has 4 heteroatoms. The van der Waals surface area contributed by atoms with Crippen LogP contribution in [0, 0.1) is 0 Å². The maximum atomic E-state index is 11.8. The monoisotopic (exact) mass is 202 g/mol. The lowest BCUT2D eigenvalue weighted by Crippen LogP contribution is -2.38. The Hall–Kier alpha value is 0.557. The summed E-state index contributed by atoms with van der Waals surface area (Å²) in [4.78, 5) is 0.484. The van der Waals surface area contributed by atoms with Gasteiger partial charge in [-0.3, -0.25) is 0 Å². The summed E-state index contributed by atoms with van der Waals surface area (Å²) in [5.74, 6) is 0. The van der Waals surface area contributed by atoms with E-state index in [0.29, 0.717) is 4.95 Å². The zero-order valence-corrected chi connectivity index (χ0v) is 7.50. The van der Waals surface area contributed by atoms with E-state index in [0.717, 1.165) is 0 Å². The first-order valence-electron chi connectivity index (χ1n) is 2.35. The Morgan fingerprint density at radius 2 is 1.88 bits per heavy atom. The van der Waals surface area contributed by atoms with Gasteiger partial charge in [-0.05, 0) is 0 Å². The summed E-state index contributed by atoms with van der Waals surface area (Å²) in [6.07, 6.45) is 0. The van der Waals surface area contributed by atoms with Crippen LogP contribution in [0.1, 0.15) is 0 Å². The van der Waals surface area contributed by atoms with Gasteiger partial charge in [-0.1, -0.05) is 29.0 Å². The second-order valence-electron chi connectivity index (χ2n) is 2.42. The predicted octanol–water partition coefficient (Wildman–Crippen LogP) is 2.43. The van der Waals surface area contributed by atoms with E-state index >= 15 is 0 Å². The molecule has 0 saturated heterocycles. The van der Waals surface area contributed by atoms with Crippen molar-refractivity contribution in [2.24, 2.45) is 0 Å². The molecule has 0 fully saturated rings. The van der Waals surface area contributed by atoms with E-state index < -0.39 is 14.1 Å². The van der Waals surface area contributed by atoms with E-state index in [4.69, 9.17) is 0 Å². The molecule has 0 aromatic heterocycles. The minimum absolute atomic E-state index is 0.484. The standard InChI is InChI=1S/C4H9BrF2Si/c1-8(2,3-5)4(6)7/h4H,3H2,1-2H3. The van der Waals surface area contributed by atoms with Crippen molar-refractivity contribution >= 4 is 24.0 Å². The van der Waals surface area contributed by atoms with Crippen LogP contribution in [0.5, 0.6) is 0 Å². The molecule has 0 heterocycles. The highest BCUT2D eigenvalue weighted by atomic mass is 79.9. The van der Waals surface area contributed by atoms with Crippen LogP contribution >= 0.6 is 15.9 Å². The van der Waals surface area contributed by atoms with Gasteiger partial charge in [-0.2, -0.15) is 0 Å². The van der Waals surface area contributed by atoms with Crippen LogP contribution in [-0.2, 0) is 0 Å². The minimum Gasteiger partial charge on any atom is -0.216 e. The average molecular weight is 203 g/mol. The molecule has 50 valence electrons. The molecular weight excluding hydrogens is 194 g/mol. The van der Waals surface area contributed by atoms with E-state index in [1.807, 2.05) is 0 Å². The van der Waals surface area contributed by atoms with Crippen LogP contribution in [0.15, 0.2) is 0 Å². The van der Waals surface area contributed by atoms with Crippen LogP contribution in [0.3, 0.4) is 0 Å². The fraction of sp³-hybridized carbons (Fsp3) is 1.00. The summed E-state index contributed by atoms with van der Waals surface area (Å²) in [5, 5.41) is 0. The highest BCUT2D eigenvalue weighted by Crippen LogP contribution is 2.14. The third kappa shape index (κ3) is 2.22. The van der Waals surface area contributed by atoms with Crippen LogP contribution in [0.25, 0.3) is 0 Å². The molecule has 0 rings (SSSR count). The summed E-state index contributed by atoms with van der Waals surface area (Å²) in [6.45, 7) is 3.32. The van der Waals surface area contributed by atoms with Gasteiger partial charge in [0, 0.05) is 4.95 Å². The Morgan fingerprint density at radius 3 is 1.88 bits per heavy atom. The first kappa shape index (κ1) is 8.56. The first-order valence-corrected chi connectivity index (χ1v) is 6.75. The third-order valence-corrected chi connectivity index (χ3v) is 7.14. The Morgan fingerprint density at radius 1 is 1.50 bits per heavy atom. The molecule has 0 spiro atoms. The molecule has 0 bridgehead atoms. The highest BCUT2D eigenvalue weighted by Gasteiger charge is 2.30. The smallest absolute Gasteiger partial charge is 0.216 e. The van der Waals surface area contributed by atoms with Crippen molar-refractivity contribution in [2.45, 2.75) is 19.1 Å². The number of rotatable bonds is 2. The Kier molecular flexibility index (Phi) is 3.12. The van der Waals surface area contributed by atoms with Crippen molar-refractivity contribution in [3.63, 3.8) is 0 Å². The fourth-order valence-electron chi connectivity index (χ4n) is 0.0583. The quantitative estimate of drug-likeness (QED) is 0.477. The SMILES string of the molecule is C[Si](C)(CBr)C(F)F. The van der Waals surface area contributed by atoms with Gasteiger partial charge >= 0.3 is 0 Å². The number of alkyl halides is 3. The summed E-state index contributed by atoms with van der Waals surface area (Å²) >= 11 is 3.05. The normalized spacial score (nSPS) is 12.8. The Bertz CT molecular complexity index is 74.4. The molecular formula is C4H9BrF2Si. The van der Waals surface area contributed by atoms with Crippen molar-refractivity contribution in [1.82, 2.24) is 0 Å². The lowest BCUT2D eigenvalue weighted by Gasteiger charge is -2.16. The maximum absolute atomic E-state index is 11.8. The zero-order valence-electron chi connectivity index (χ0n) is 4.92. The van der Waals surface area contributed by atoms with Gasteiger partial charge in [0.2, 0.25) is 6.05 Å². The number of halogens is 3. The molecule has 0 aliphatic carbocycles. The van der Waals surface area contributed by atoms with Crippen molar-refractivity contribution in [3.8, 4) is 0 Å². The molecule has 8 heavy (non-hydrogen) atoms. The molecule has 0 atom stereocenters. The van der Waals surface area contributed by atoms with E-state index in [9.17, 15) is 8.78 Å². The Labute approximate surface area is 57.4 Å². The van der Waals surface area contributed by atoms with E-state index in [1.165, 1.54) is 0 Å². The van der Waals surface area contributed by atoms with Crippen molar-refractivity contribution in [3.05, 3.63) is 0 Å². The lowest BCUT2D eigenvalue weighted by molar-refractivity contribution is 0.228. The number of hydrogen-bond donors (Lipinski definition) is 0. The molecule has 0 saturated carbocycles. The maximum Gasteiger partial charge on any atom is 0.221 e. The van der Waals surface area contributed by atoms with Crippen molar-refractivity contribution < 1.29 is 8.78 Å². The Balaban J connectivity index is 3.71. The van der Waals surface area contributed by atoms with Crippen LogP contribution in [0.4, 0.5) is 8.78 Å². The second-order valence-corrected chi connectivity index (χ2v) is 8.79. The molecule has 0 radical (unpaired) electrons. The first-order chi connectivity index (χ1) is 3.50. The topological polar surface area (TPSA) is 0 Å². The van der Waals surface area contributed by atoms with Gasteiger partial charge in [0.25, 0.3) is 0 Å². The molecule has 0 aliphatic rings. The molecule has 0 N–H and O–H groups in total. The lowest BCUT2D eigenvalue weighted by atomic mass is 11.6. The van der Waals surface area contributed by atoms with Crippen molar-refractivity contribution in [1.29, 1.82) is 0 Å².